The van der Waals surface area contributed by atoms with E-state index in [1.807, 2.05) is 7.05 Å². The van der Waals surface area contributed by atoms with Crippen molar-refractivity contribution in [2.75, 3.05) is 26.7 Å². The molecule has 1 saturated heterocycles. The average molecular weight is 308 g/mol. The van der Waals surface area contributed by atoms with Crippen molar-refractivity contribution >= 4 is 11.9 Å². The number of hydrogen-bond donors (Lipinski definition) is 0. The molecule has 0 radical (unpaired) electrons. The normalized spacial score (nSPS) is 20.7. The summed E-state index contributed by atoms with van der Waals surface area (Å²) in [5.41, 5.74) is 0.516. The van der Waals surface area contributed by atoms with Gasteiger partial charge in [-0.05, 0) is 59.0 Å². The Labute approximate surface area is 133 Å². The van der Waals surface area contributed by atoms with E-state index in [1.165, 1.54) is 12.8 Å². The topological polar surface area (TPSA) is 49.9 Å². The van der Waals surface area contributed by atoms with Crippen molar-refractivity contribution in [1.82, 2.24) is 9.80 Å². The minimum Gasteiger partial charge on any atom is -0.431 e. The number of allylic oxidation sites excluding steroid dienone is 1. The van der Waals surface area contributed by atoms with Crippen LogP contribution in [0.5, 0.6) is 0 Å². The van der Waals surface area contributed by atoms with Gasteiger partial charge in [0.2, 0.25) is 0 Å². The Hall–Kier alpha value is -1.36. The molecule has 2 aliphatic rings. The molecule has 124 valence electrons. The van der Waals surface area contributed by atoms with Crippen LogP contribution in [0.3, 0.4) is 0 Å². The number of carbonyl (C=O) groups is 2. The quantitative estimate of drug-likeness (QED) is 0.731. The number of ether oxygens (including phenoxy) is 1. The Morgan fingerprint density at radius 1 is 1.36 bits per heavy atom. The van der Waals surface area contributed by atoms with Crippen LogP contribution in [0, 0.1) is 5.92 Å². The number of piperidine rings is 1. The average Bonchev–Trinajstić information content (AvgIpc) is 2.83. The van der Waals surface area contributed by atoms with Crippen LogP contribution >= 0.6 is 0 Å². The number of hydrogen-bond acceptors (Lipinski definition) is 4. The molecule has 2 aliphatic heterocycles. The molecule has 0 spiro atoms. The molecular weight excluding hydrogens is 280 g/mol. The molecule has 22 heavy (non-hydrogen) atoms. The molecule has 2 heterocycles. The van der Waals surface area contributed by atoms with Gasteiger partial charge in [-0.2, -0.15) is 0 Å². The third-order valence-corrected chi connectivity index (χ3v) is 4.87. The number of cyclic esters (lactones) is 1. The monoisotopic (exact) mass is 308 g/mol. The first-order valence-corrected chi connectivity index (χ1v) is 8.28. The Morgan fingerprint density at radius 2 is 2.00 bits per heavy atom. The summed E-state index contributed by atoms with van der Waals surface area (Å²) >= 11 is 0. The SMILES string of the molecule is CC1=C(C(=O)N(C)CCC2CCN(C(C)C)CC2)CC(=O)O1. The van der Waals surface area contributed by atoms with Gasteiger partial charge in [0, 0.05) is 19.6 Å². The van der Waals surface area contributed by atoms with Gasteiger partial charge in [0.05, 0.1) is 12.0 Å². The molecule has 0 atom stereocenters. The lowest BCUT2D eigenvalue weighted by Gasteiger charge is -2.35. The number of likely N-dealkylation sites (N-methyl/N-ethyl adjacent to an activating group) is 1. The van der Waals surface area contributed by atoms with E-state index < -0.39 is 0 Å². The van der Waals surface area contributed by atoms with E-state index in [0.29, 0.717) is 23.3 Å². The lowest BCUT2D eigenvalue weighted by Crippen LogP contribution is -2.39. The van der Waals surface area contributed by atoms with Crippen LogP contribution in [0.2, 0.25) is 0 Å². The van der Waals surface area contributed by atoms with Crippen LogP contribution in [0.1, 0.15) is 46.5 Å². The number of carbonyl (C=O) groups excluding carboxylic acids is 2. The lowest BCUT2D eigenvalue weighted by atomic mass is 9.92. The first-order chi connectivity index (χ1) is 10.4. The molecule has 0 N–H and O–H groups in total. The van der Waals surface area contributed by atoms with Gasteiger partial charge in [0.15, 0.2) is 0 Å². The fraction of sp³-hybridized carbons (Fsp3) is 0.765. The van der Waals surface area contributed by atoms with Gasteiger partial charge in [-0.15, -0.1) is 0 Å². The van der Waals surface area contributed by atoms with Crippen molar-refractivity contribution in [2.45, 2.75) is 52.5 Å². The fourth-order valence-corrected chi connectivity index (χ4v) is 3.23. The first-order valence-electron chi connectivity index (χ1n) is 8.28. The minimum absolute atomic E-state index is 0.0667. The Bertz CT molecular complexity index is 463. The van der Waals surface area contributed by atoms with Crippen molar-refractivity contribution in [1.29, 1.82) is 0 Å². The Kier molecular flexibility index (Phi) is 5.62. The van der Waals surface area contributed by atoms with Gasteiger partial charge in [-0.25, -0.2) is 0 Å². The van der Waals surface area contributed by atoms with E-state index in [0.717, 1.165) is 26.1 Å². The second kappa shape index (κ2) is 7.27. The number of likely N-dealkylation sites (tertiary alicyclic amines) is 1. The summed E-state index contributed by atoms with van der Waals surface area (Å²) in [6.07, 6.45) is 3.57. The molecule has 0 aromatic heterocycles. The highest BCUT2D eigenvalue weighted by molar-refractivity contribution is 6.00. The Balaban J connectivity index is 1.76. The highest BCUT2D eigenvalue weighted by atomic mass is 16.5. The van der Waals surface area contributed by atoms with Gasteiger partial charge in [0.25, 0.3) is 5.91 Å². The standard InChI is InChI=1S/C17H28N2O3/c1-12(2)19-9-6-14(7-10-19)5-8-18(4)17(21)15-11-16(20)22-13(15)3/h12,14H,5-11H2,1-4H3. The van der Waals surface area contributed by atoms with Crippen LogP contribution < -0.4 is 0 Å². The molecule has 1 amide bonds. The van der Waals surface area contributed by atoms with E-state index >= 15 is 0 Å². The van der Waals surface area contributed by atoms with Gasteiger partial charge in [0.1, 0.15) is 5.76 Å². The molecule has 0 aromatic rings. The molecule has 5 heteroatoms. The van der Waals surface area contributed by atoms with Crippen LogP contribution in [0.4, 0.5) is 0 Å². The summed E-state index contributed by atoms with van der Waals surface area (Å²) in [5.74, 6) is 0.771. The van der Waals surface area contributed by atoms with Crippen molar-refractivity contribution < 1.29 is 14.3 Å². The van der Waals surface area contributed by atoms with Crippen LogP contribution in [-0.4, -0.2) is 54.4 Å². The van der Waals surface area contributed by atoms with E-state index in [-0.39, 0.29) is 18.3 Å². The summed E-state index contributed by atoms with van der Waals surface area (Å²) in [6.45, 7) is 9.24. The van der Waals surface area contributed by atoms with E-state index in [9.17, 15) is 9.59 Å². The summed E-state index contributed by atoms with van der Waals surface area (Å²) in [5, 5.41) is 0. The third-order valence-electron chi connectivity index (χ3n) is 4.87. The van der Waals surface area contributed by atoms with Crippen molar-refractivity contribution in [3.05, 3.63) is 11.3 Å². The van der Waals surface area contributed by atoms with Crippen LogP contribution in [0.15, 0.2) is 11.3 Å². The highest BCUT2D eigenvalue weighted by Gasteiger charge is 2.28. The number of amides is 1. The van der Waals surface area contributed by atoms with Gasteiger partial charge >= 0.3 is 5.97 Å². The second-order valence-corrected chi connectivity index (χ2v) is 6.77. The fourth-order valence-electron chi connectivity index (χ4n) is 3.23. The molecule has 0 bridgehead atoms. The predicted octanol–water partition coefficient (Wildman–Crippen LogP) is 2.18. The number of rotatable bonds is 5. The van der Waals surface area contributed by atoms with Crippen LogP contribution in [-0.2, 0) is 14.3 Å². The van der Waals surface area contributed by atoms with E-state index in [2.05, 4.69) is 18.7 Å². The van der Waals surface area contributed by atoms with Crippen molar-refractivity contribution in [3.8, 4) is 0 Å². The maximum absolute atomic E-state index is 12.3. The van der Waals surface area contributed by atoms with Crippen molar-refractivity contribution in [2.24, 2.45) is 5.92 Å². The molecule has 0 aromatic carbocycles. The predicted molar refractivity (Wildman–Crippen MR) is 85.1 cm³/mol. The molecule has 0 aliphatic carbocycles. The number of nitrogens with zero attached hydrogens (tertiary/aromatic N) is 2. The lowest BCUT2D eigenvalue weighted by molar-refractivity contribution is -0.136. The molecule has 0 saturated carbocycles. The molecule has 1 fully saturated rings. The van der Waals surface area contributed by atoms with Gasteiger partial charge < -0.3 is 14.5 Å². The maximum atomic E-state index is 12.3. The molecule has 5 nitrogen and oxygen atoms in total. The highest BCUT2D eigenvalue weighted by Crippen LogP contribution is 2.24. The molecule has 0 unspecified atom stereocenters. The zero-order valence-electron chi connectivity index (χ0n) is 14.2. The van der Waals surface area contributed by atoms with Gasteiger partial charge in [-0.1, -0.05) is 0 Å². The summed E-state index contributed by atoms with van der Waals surface area (Å²) in [7, 11) is 1.81. The van der Waals surface area contributed by atoms with Crippen LogP contribution in [0.25, 0.3) is 0 Å². The van der Waals surface area contributed by atoms with Crippen molar-refractivity contribution in [3.63, 3.8) is 0 Å². The van der Waals surface area contributed by atoms with E-state index in [1.54, 1.807) is 11.8 Å². The largest absolute Gasteiger partial charge is 0.431 e. The molecule has 2 rings (SSSR count). The smallest absolute Gasteiger partial charge is 0.315 e. The van der Waals surface area contributed by atoms with Gasteiger partial charge in [-0.3, -0.25) is 9.59 Å². The van der Waals surface area contributed by atoms with E-state index in [4.69, 9.17) is 4.74 Å². The zero-order valence-corrected chi connectivity index (χ0v) is 14.2. The Morgan fingerprint density at radius 3 is 2.50 bits per heavy atom. The zero-order chi connectivity index (χ0) is 16.3. The maximum Gasteiger partial charge on any atom is 0.315 e. The first kappa shape index (κ1) is 17.0. The number of esters is 1. The second-order valence-electron chi connectivity index (χ2n) is 6.77. The minimum atomic E-state index is -0.324. The summed E-state index contributed by atoms with van der Waals surface area (Å²) in [6, 6.07) is 0.625. The third kappa shape index (κ3) is 4.09. The summed E-state index contributed by atoms with van der Waals surface area (Å²) < 4.78 is 4.96. The summed E-state index contributed by atoms with van der Waals surface area (Å²) in [4.78, 5) is 27.8. The molecular formula is C17H28N2O3.